The fraction of sp³-hybridized carbons (Fsp3) is 0.211. The van der Waals surface area contributed by atoms with Crippen LogP contribution in [0.1, 0.15) is 11.3 Å². The van der Waals surface area contributed by atoms with Gasteiger partial charge in [0.1, 0.15) is 19.0 Å². The zero-order valence-corrected chi connectivity index (χ0v) is 14.6. The fourth-order valence-corrected chi connectivity index (χ4v) is 2.65. The van der Waals surface area contributed by atoms with Crippen LogP contribution < -0.4 is 20.1 Å². The number of ether oxygens (including phenoxy) is 2. The van der Waals surface area contributed by atoms with Gasteiger partial charge in [0.2, 0.25) is 5.95 Å². The molecule has 3 N–H and O–H groups in total. The maximum absolute atomic E-state index is 9.59. The lowest BCUT2D eigenvalue weighted by atomic mass is 10.2. The molecule has 1 aliphatic rings. The second-order valence-corrected chi connectivity index (χ2v) is 5.88. The number of hydrogen-bond donors (Lipinski definition) is 3. The van der Waals surface area contributed by atoms with Gasteiger partial charge >= 0.3 is 0 Å². The molecule has 0 radical (unpaired) electrons. The third-order valence-corrected chi connectivity index (χ3v) is 3.99. The van der Waals surface area contributed by atoms with E-state index in [1.807, 2.05) is 36.4 Å². The smallest absolute Gasteiger partial charge is 0.224 e. The molecule has 27 heavy (non-hydrogen) atoms. The maximum Gasteiger partial charge on any atom is 0.224 e. The largest absolute Gasteiger partial charge is 0.486 e. The van der Waals surface area contributed by atoms with E-state index in [-0.39, 0.29) is 6.61 Å². The van der Waals surface area contributed by atoms with Crippen molar-refractivity contribution in [2.24, 2.45) is 0 Å². The molecule has 2 aromatic heterocycles. The van der Waals surface area contributed by atoms with E-state index in [1.165, 1.54) is 0 Å². The second kappa shape index (κ2) is 7.88. The Morgan fingerprint density at radius 2 is 1.93 bits per heavy atom. The third kappa shape index (κ3) is 4.06. The Kier molecular flexibility index (Phi) is 4.97. The third-order valence-electron chi connectivity index (χ3n) is 3.99. The van der Waals surface area contributed by atoms with E-state index in [4.69, 9.17) is 9.47 Å². The molecule has 0 saturated carbocycles. The van der Waals surface area contributed by atoms with Crippen molar-refractivity contribution in [1.29, 1.82) is 0 Å². The number of anilines is 3. The monoisotopic (exact) mass is 365 g/mol. The van der Waals surface area contributed by atoms with E-state index in [0.717, 1.165) is 17.1 Å². The van der Waals surface area contributed by atoms with E-state index in [1.54, 1.807) is 12.4 Å². The van der Waals surface area contributed by atoms with Crippen LogP contribution in [0.2, 0.25) is 0 Å². The summed E-state index contributed by atoms with van der Waals surface area (Å²) in [7, 11) is 0. The van der Waals surface area contributed by atoms with Gasteiger partial charge in [0.05, 0.1) is 18.8 Å². The molecule has 4 rings (SSSR count). The number of hydrogen-bond acceptors (Lipinski definition) is 8. The standard InChI is InChI=1S/C19H19N5O3/c25-12-13-10-21-19(22-11-15-3-1-2-6-20-15)24-18(13)23-14-4-5-16-17(9-14)27-8-7-26-16/h1-6,9-10,25H,7-8,11-12H2,(H2,21,22,23,24). The lowest BCUT2D eigenvalue weighted by molar-refractivity contribution is 0.171. The molecule has 0 fully saturated rings. The first kappa shape index (κ1) is 17.0. The summed E-state index contributed by atoms with van der Waals surface area (Å²) in [6.07, 6.45) is 3.33. The van der Waals surface area contributed by atoms with Crippen LogP contribution in [-0.2, 0) is 13.2 Å². The van der Waals surface area contributed by atoms with E-state index in [2.05, 4.69) is 25.6 Å². The van der Waals surface area contributed by atoms with Crippen molar-refractivity contribution in [2.45, 2.75) is 13.2 Å². The molecule has 0 saturated heterocycles. The molecule has 138 valence electrons. The van der Waals surface area contributed by atoms with Gasteiger partial charge in [-0.15, -0.1) is 0 Å². The Morgan fingerprint density at radius 3 is 2.74 bits per heavy atom. The van der Waals surface area contributed by atoms with E-state index >= 15 is 0 Å². The van der Waals surface area contributed by atoms with Crippen molar-refractivity contribution < 1.29 is 14.6 Å². The van der Waals surface area contributed by atoms with Gasteiger partial charge in [-0.1, -0.05) is 6.07 Å². The molecule has 3 aromatic rings. The number of aliphatic hydroxyl groups excluding tert-OH is 1. The maximum atomic E-state index is 9.59. The van der Waals surface area contributed by atoms with Crippen LogP contribution in [0.25, 0.3) is 0 Å². The van der Waals surface area contributed by atoms with Crippen LogP contribution in [-0.4, -0.2) is 33.3 Å². The highest BCUT2D eigenvalue weighted by molar-refractivity contribution is 5.64. The van der Waals surface area contributed by atoms with Crippen LogP contribution in [0, 0.1) is 0 Å². The Morgan fingerprint density at radius 1 is 1.04 bits per heavy atom. The van der Waals surface area contributed by atoms with Crippen LogP contribution in [0.15, 0.2) is 48.8 Å². The lowest BCUT2D eigenvalue weighted by Gasteiger charge is -2.19. The van der Waals surface area contributed by atoms with E-state index in [9.17, 15) is 5.11 Å². The summed E-state index contributed by atoms with van der Waals surface area (Å²) in [6, 6.07) is 11.3. The van der Waals surface area contributed by atoms with Gasteiger partial charge in [-0.2, -0.15) is 4.98 Å². The Hall–Kier alpha value is -3.39. The minimum atomic E-state index is -0.173. The summed E-state index contributed by atoms with van der Waals surface area (Å²) >= 11 is 0. The predicted molar refractivity (Wildman–Crippen MR) is 100 cm³/mol. The van der Waals surface area contributed by atoms with Crippen molar-refractivity contribution in [2.75, 3.05) is 23.8 Å². The lowest BCUT2D eigenvalue weighted by Crippen LogP contribution is -2.15. The first-order valence-electron chi connectivity index (χ1n) is 8.59. The highest BCUT2D eigenvalue weighted by Gasteiger charge is 2.13. The number of nitrogens with zero attached hydrogens (tertiary/aromatic N) is 3. The van der Waals surface area contributed by atoms with E-state index < -0.39 is 0 Å². The number of benzene rings is 1. The molecule has 1 aliphatic heterocycles. The molecular weight excluding hydrogens is 346 g/mol. The van der Waals surface area contributed by atoms with E-state index in [0.29, 0.717) is 42.8 Å². The highest BCUT2D eigenvalue weighted by atomic mass is 16.6. The molecule has 0 unspecified atom stereocenters. The van der Waals surface area contributed by atoms with Crippen molar-refractivity contribution >= 4 is 17.5 Å². The zero-order chi connectivity index (χ0) is 18.5. The SMILES string of the molecule is OCc1cnc(NCc2ccccn2)nc1Nc1ccc2c(c1)OCCO2. The normalized spacial score (nSPS) is 12.5. The van der Waals surface area contributed by atoms with Crippen LogP contribution in [0.5, 0.6) is 11.5 Å². The average Bonchev–Trinajstić information content (AvgIpc) is 2.73. The Bertz CT molecular complexity index is 920. The molecule has 8 nitrogen and oxygen atoms in total. The number of aromatic nitrogens is 3. The Labute approximate surface area is 156 Å². The zero-order valence-electron chi connectivity index (χ0n) is 14.6. The number of nitrogens with one attached hydrogen (secondary N) is 2. The molecular formula is C19H19N5O3. The Balaban J connectivity index is 1.52. The van der Waals surface area contributed by atoms with Crippen molar-refractivity contribution in [3.63, 3.8) is 0 Å². The van der Waals surface area contributed by atoms with Crippen molar-refractivity contribution in [3.05, 3.63) is 60.0 Å². The summed E-state index contributed by atoms with van der Waals surface area (Å²) in [4.78, 5) is 13.0. The fourth-order valence-electron chi connectivity index (χ4n) is 2.65. The summed E-state index contributed by atoms with van der Waals surface area (Å²) in [5.74, 6) is 2.36. The highest BCUT2D eigenvalue weighted by Crippen LogP contribution is 2.33. The van der Waals surface area contributed by atoms with Gasteiger partial charge in [0.15, 0.2) is 11.5 Å². The number of aliphatic hydroxyl groups is 1. The van der Waals surface area contributed by atoms with Gasteiger partial charge in [-0.3, -0.25) is 4.98 Å². The number of rotatable bonds is 6. The van der Waals surface area contributed by atoms with Crippen LogP contribution >= 0.6 is 0 Å². The molecule has 0 aliphatic carbocycles. The molecule has 0 spiro atoms. The molecule has 3 heterocycles. The van der Waals surface area contributed by atoms with Gasteiger partial charge < -0.3 is 25.2 Å². The van der Waals surface area contributed by atoms with Gasteiger partial charge in [-0.25, -0.2) is 4.98 Å². The van der Waals surface area contributed by atoms with Gasteiger partial charge in [-0.05, 0) is 24.3 Å². The minimum Gasteiger partial charge on any atom is -0.486 e. The molecule has 0 bridgehead atoms. The number of fused-ring (bicyclic) bond motifs is 1. The quantitative estimate of drug-likeness (QED) is 0.612. The first-order chi connectivity index (χ1) is 13.3. The molecule has 8 heteroatoms. The molecule has 0 atom stereocenters. The van der Waals surface area contributed by atoms with Crippen LogP contribution in [0.3, 0.4) is 0 Å². The summed E-state index contributed by atoms with van der Waals surface area (Å²) in [5, 5.41) is 15.9. The first-order valence-corrected chi connectivity index (χ1v) is 8.59. The molecule has 1 aromatic carbocycles. The van der Waals surface area contributed by atoms with Crippen LogP contribution in [0.4, 0.5) is 17.5 Å². The minimum absolute atomic E-state index is 0.173. The summed E-state index contributed by atoms with van der Waals surface area (Å²) < 4.78 is 11.1. The number of pyridine rings is 1. The van der Waals surface area contributed by atoms with Gasteiger partial charge in [0, 0.05) is 29.7 Å². The van der Waals surface area contributed by atoms with Gasteiger partial charge in [0.25, 0.3) is 0 Å². The second-order valence-electron chi connectivity index (χ2n) is 5.88. The predicted octanol–water partition coefficient (Wildman–Crippen LogP) is 2.49. The summed E-state index contributed by atoms with van der Waals surface area (Å²) in [6.45, 7) is 1.40. The van der Waals surface area contributed by atoms with Crippen molar-refractivity contribution in [3.8, 4) is 11.5 Å². The molecule has 0 amide bonds. The average molecular weight is 365 g/mol. The topological polar surface area (TPSA) is 101 Å². The summed E-state index contributed by atoms with van der Waals surface area (Å²) in [5.41, 5.74) is 2.25. The van der Waals surface area contributed by atoms with Crippen molar-refractivity contribution in [1.82, 2.24) is 15.0 Å².